The summed E-state index contributed by atoms with van der Waals surface area (Å²) < 4.78 is 39.2. The second-order valence-corrected chi connectivity index (χ2v) is 11.7. The van der Waals surface area contributed by atoms with Crippen LogP contribution in [0.3, 0.4) is 0 Å². The minimum absolute atomic E-state index is 0.0632. The van der Waals surface area contributed by atoms with E-state index < -0.39 is 19.3 Å². The van der Waals surface area contributed by atoms with E-state index in [2.05, 4.69) is 19.9 Å². The lowest BCUT2D eigenvalue weighted by Gasteiger charge is -2.36. The van der Waals surface area contributed by atoms with Crippen LogP contribution in [0.1, 0.15) is 63.7 Å². The fourth-order valence-electron chi connectivity index (χ4n) is 5.86. The molecule has 3 aliphatic rings. The molecule has 0 amide bonds. The van der Waals surface area contributed by atoms with Crippen molar-refractivity contribution in [1.82, 2.24) is 9.88 Å². The molecule has 3 aliphatic heterocycles. The molecule has 0 atom stereocenters. The first-order valence-corrected chi connectivity index (χ1v) is 15.9. The third-order valence-corrected chi connectivity index (χ3v) is 8.46. The Labute approximate surface area is 276 Å². The zero-order valence-electron chi connectivity index (χ0n) is 26.7. The van der Waals surface area contributed by atoms with Crippen molar-refractivity contribution in [3.63, 3.8) is 0 Å². The number of hydrogen-bond donors (Lipinski definition) is 0. The second-order valence-electron chi connectivity index (χ2n) is 11.7. The molecule has 9 nitrogen and oxygen atoms in total. The van der Waals surface area contributed by atoms with E-state index in [1.807, 2.05) is 23.1 Å². The van der Waals surface area contributed by atoms with Crippen LogP contribution in [-0.2, 0) is 29.0 Å². The first kappa shape index (κ1) is 34.5. The molecule has 0 unspecified atom stereocenters. The van der Waals surface area contributed by atoms with Gasteiger partial charge >= 0.3 is 0 Å². The fraction of sp³-hybridized carbons (Fsp3) is 0.361. The van der Waals surface area contributed by atoms with Gasteiger partial charge in [-0.1, -0.05) is 19.1 Å². The SMILES string of the molecule is CCC(=O)c1ccc(N2CCN(Cc3ccc4c(c3)CC(=O)C(CCF)=N4)CC2)c(F)n1.O=Cc1ccc2c(c1)CC(=O)C(CCF)=N2. The van der Waals surface area contributed by atoms with Gasteiger partial charge < -0.3 is 4.90 Å². The fourth-order valence-corrected chi connectivity index (χ4v) is 5.86. The number of carbonyl (C=O) groups excluding carboxylic acids is 4. The normalized spacial score (nSPS) is 15.9. The van der Waals surface area contributed by atoms with Gasteiger partial charge in [-0.15, -0.1) is 0 Å². The van der Waals surface area contributed by atoms with E-state index in [4.69, 9.17) is 0 Å². The lowest BCUT2D eigenvalue weighted by Crippen LogP contribution is -2.46. The Morgan fingerprint density at radius 3 is 2.00 bits per heavy atom. The quantitative estimate of drug-likeness (QED) is 0.155. The highest BCUT2D eigenvalue weighted by Gasteiger charge is 2.24. The van der Waals surface area contributed by atoms with E-state index in [1.165, 1.54) is 0 Å². The predicted octanol–water partition coefficient (Wildman–Crippen LogP) is 5.75. The number of aromatic nitrogens is 1. The highest BCUT2D eigenvalue weighted by molar-refractivity contribution is 6.42. The van der Waals surface area contributed by atoms with Gasteiger partial charge in [0.1, 0.15) is 12.0 Å². The number of piperazine rings is 1. The molecular weight excluding hydrogens is 623 g/mol. The molecule has 4 heterocycles. The molecule has 12 heteroatoms. The summed E-state index contributed by atoms with van der Waals surface area (Å²) in [7, 11) is 0. The van der Waals surface area contributed by atoms with E-state index in [-0.39, 0.29) is 54.4 Å². The van der Waals surface area contributed by atoms with Gasteiger partial charge in [0, 0.05) is 70.4 Å². The number of rotatable bonds is 10. The third kappa shape index (κ3) is 8.17. The number of alkyl halides is 2. The summed E-state index contributed by atoms with van der Waals surface area (Å²) in [6.07, 6.45) is 1.62. The van der Waals surface area contributed by atoms with E-state index in [9.17, 15) is 32.3 Å². The maximum Gasteiger partial charge on any atom is 0.237 e. The largest absolute Gasteiger partial charge is 0.365 e. The summed E-state index contributed by atoms with van der Waals surface area (Å²) in [6, 6.07) is 14.1. The first-order valence-electron chi connectivity index (χ1n) is 15.9. The average molecular weight is 660 g/mol. The molecular formula is C36H36F3N5O4. The lowest BCUT2D eigenvalue weighted by molar-refractivity contribution is -0.113. The van der Waals surface area contributed by atoms with Crippen molar-refractivity contribution in [2.75, 3.05) is 44.4 Å². The van der Waals surface area contributed by atoms with Gasteiger partial charge in [-0.2, -0.15) is 4.39 Å². The third-order valence-electron chi connectivity index (χ3n) is 8.46. The number of hydrogen-bond acceptors (Lipinski definition) is 9. The molecule has 0 saturated carbocycles. The molecule has 1 aromatic heterocycles. The second kappa shape index (κ2) is 15.8. The van der Waals surface area contributed by atoms with Crippen molar-refractivity contribution in [1.29, 1.82) is 0 Å². The number of nitrogens with zero attached hydrogens (tertiary/aromatic N) is 5. The number of halogens is 3. The van der Waals surface area contributed by atoms with E-state index in [0.29, 0.717) is 42.2 Å². The van der Waals surface area contributed by atoms with Gasteiger partial charge in [-0.05, 0) is 53.1 Å². The summed E-state index contributed by atoms with van der Waals surface area (Å²) in [5, 5.41) is 0. The zero-order chi connectivity index (χ0) is 34.2. The van der Waals surface area contributed by atoms with Crippen molar-refractivity contribution in [2.24, 2.45) is 9.98 Å². The van der Waals surface area contributed by atoms with E-state index >= 15 is 0 Å². The molecule has 0 spiro atoms. The van der Waals surface area contributed by atoms with Gasteiger partial charge in [0.05, 0.1) is 41.8 Å². The Bertz CT molecular complexity index is 1780. The van der Waals surface area contributed by atoms with Crippen molar-refractivity contribution in [2.45, 2.75) is 45.6 Å². The predicted molar refractivity (Wildman–Crippen MR) is 177 cm³/mol. The van der Waals surface area contributed by atoms with Crippen LogP contribution in [0, 0.1) is 5.95 Å². The summed E-state index contributed by atoms with van der Waals surface area (Å²) in [6.45, 7) is 4.11. The Morgan fingerprint density at radius 2 is 1.44 bits per heavy atom. The van der Waals surface area contributed by atoms with Crippen LogP contribution in [0.5, 0.6) is 0 Å². The molecule has 6 rings (SSSR count). The van der Waals surface area contributed by atoms with Gasteiger partial charge in [0.2, 0.25) is 5.95 Å². The van der Waals surface area contributed by atoms with Crippen molar-refractivity contribution >= 4 is 52.1 Å². The highest BCUT2D eigenvalue weighted by Crippen LogP contribution is 2.28. The summed E-state index contributed by atoms with van der Waals surface area (Å²) in [5.41, 5.74) is 5.82. The summed E-state index contributed by atoms with van der Waals surface area (Å²) in [5.74, 6) is -1.04. The molecule has 3 aromatic rings. The molecule has 250 valence electrons. The average Bonchev–Trinajstić information content (AvgIpc) is 3.09. The lowest BCUT2D eigenvalue weighted by atomic mass is 9.97. The number of aliphatic imine (C=N–C) groups is 2. The van der Waals surface area contributed by atoms with Gasteiger partial charge in [0.25, 0.3) is 0 Å². The molecule has 0 radical (unpaired) electrons. The van der Waals surface area contributed by atoms with Crippen molar-refractivity contribution < 1.29 is 32.3 Å². The highest BCUT2D eigenvalue weighted by atomic mass is 19.1. The molecule has 0 aliphatic carbocycles. The van der Waals surface area contributed by atoms with Gasteiger partial charge in [0.15, 0.2) is 17.3 Å². The van der Waals surface area contributed by atoms with Crippen LogP contribution in [-0.4, -0.2) is 84.5 Å². The van der Waals surface area contributed by atoms with Crippen molar-refractivity contribution in [3.05, 3.63) is 82.4 Å². The Hall–Kier alpha value is -4.84. The molecule has 0 N–H and O–H groups in total. The number of anilines is 1. The monoisotopic (exact) mass is 659 g/mol. The molecule has 0 bridgehead atoms. The first-order chi connectivity index (χ1) is 23.2. The minimum atomic E-state index is -0.607. The Balaban J connectivity index is 0.000000236. The van der Waals surface area contributed by atoms with Crippen LogP contribution in [0.4, 0.5) is 30.2 Å². The van der Waals surface area contributed by atoms with Crippen LogP contribution in [0.2, 0.25) is 0 Å². The van der Waals surface area contributed by atoms with Crippen LogP contribution < -0.4 is 4.90 Å². The molecule has 48 heavy (non-hydrogen) atoms. The van der Waals surface area contributed by atoms with Crippen LogP contribution >= 0.6 is 0 Å². The topological polar surface area (TPSA) is 112 Å². The van der Waals surface area contributed by atoms with Crippen LogP contribution in [0.15, 0.2) is 58.5 Å². The number of carbonyl (C=O) groups is 4. The number of ketones is 3. The summed E-state index contributed by atoms with van der Waals surface area (Å²) in [4.78, 5) is 62.5. The maximum atomic E-state index is 14.5. The summed E-state index contributed by atoms with van der Waals surface area (Å²) >= 11 is 0. The Kier molecular flexibility index (Phi) is 11.4. The Morgan fingerprint density at radius 1 is 0.833 bits per heavy atom. The molecule has 1 fully saturated rings. The van der Waals surface area contributed by atoms with Gasteiger partial charge in [-0.3, -0.25) is 32.9 Å². The minimum Gasteiger partial charge on any atom is -0.365 e. The number of pyridine rings is 1. The number of aldehydes is 1. The number of benzene rings is 2. The van der Waals surface area contributed by atoms with Crippen molar-refractivity contribution in [3.8, 4) is 0 Å². The standard InChI is InChI=1S/C24H26F2N4O2.C12H10FNO2/c1-2-22(31)19-5-6-21(24(26)28-19)30-11-9-29(10-12-30)15-16-3-4-18-17(13-16)14-23(32)20(27-18)7-8-25;13-4-3-11-12(16)6-9-5-8(7-15)1-2-10(9)14-11/h3-6,13H,2,7-12,14-15H2,1H3;1-2,5,7H,3-4,6H2. The molecule has 2 aromatic carbocycles. The van der Waals surface area contributed by atoms with Crippen LogP contribution in [0.25, 0.3) is 0 Å². The zero-order valence-corrected chi connectivity index (χ0v) is 26.7. The maximum absolute atomic E-state index is 14.5. The number of fused-ring (bicyclic) bond motifs is 2. The van der Waals surface area contributed by atoms with E-state index in [0.717, 1.165) is 48.3 Å². The number of Topliss-reactive ketones (excluding diaryl/α,β-unsaturated/α-hetero) is 3. The van der Waals surface area contributed by atoms with E-state index in [1.54, 1.807) is 37.3 Å². The molecule has 1 saturated heterocycles. The van der Waals surface area contributed by atoms with Gasteiger partial charge in [-0.25, -0.2) is 15.0 Å². The smallest absolute Gasteiger partial charge is 0.237 e.